The van der Waals surface area contributed by atoms with Crippen LogP contribution in [0.25, 0.3) is 0 Å². The lowest BCUT2D eigenvalue weighted by molar-refractivity contribution is -0.870. The standard InChI is InChI=1S/C58H65F6N11O8/c1-37-49(53(78)82-29-27-69(3)4)51(41-19-15-39(33-65)16-20-41)71(55(80)73(37)45-13-9-11-43(31-45)57(59,60)61)35-47(76)67-23-25-70(5)26-24-68-48(77)36-72-52(42-21-17-40(34-66)18-22-42)50(54(79)83-30-28-75(6,7)8)38(2)74(56(72)81)46-14-10-12-44(32-46)58(62,63)64/h9-22,31-32,38,50-52H,23-30,35-36H2,1-8H3,(H-,67,68,76,77)/p+1/t38?,50?,51-,52-/m1/s1. The highest BCUT2D eigenvalue weighted by molar-refractivity contribution is 6.04. The second-order valence-corrected chi connectivity index (χ2v) is 21.3. The summed E-state index contributed by atoms with van der Waals surface area (Å²) in [6, 6.07) is 18.4. The van der Waals surface area contributed by atoms with Crippen molar-refractivity contribution in [3.8, 4) is 12.1 Å². The Hall–Kier alpha value is -8.52. The van der Waals surface area contributed by atoms with Gasteiger partial charge in [0, 0.05) is 44.1 Å². The van der Waals surface area contributed by atoms with Crippen LogP contribution in [0.1, 0.15) is 59.3 Å². The Kier molecular flexibility index (Phi) is 20.7. The molecule has 4 aromatic carbocycles. The molecule has 2 N–H and O–H groups in total. The van der Waals surface area contributed by atoms with Crippen LogP contribution in [0, 0.1) is 28.6 Å². The Labute approximate surface area is 477 Å². The molecule has 1 saturated heterocycles. The molecule has 6 rings (SSSR count). The summed E-state index contributed by atoms with van der Waals surface area (Å²) in [7, 11) is 10.8. The van der Waals surface area contributed by atoms with E-state index in [0.29, 0.717) is 28.7 Å². The number of quaternary nitrogens is 1. The quantitative estimate of drug-likeness (QED) is 0.0466. The van der Waals surface area contributed by atoms with Gasteiger partial charge >= 0.3 is 36.4 Å². The van der Waals surface area contributed by atoms with Gasteiger partial charge < -0.3 is 44.2 Å². The Bertz CT molecular complexity index is 3130. The lowest BCUT2D eigenvalue weighted by Gasteiger charge is -2.49. The number of ether oxygens (including phenoxy) is 2. The average molecular weight is 1160 g/mol. The number of hydrogen-bond acceptors (Lipinski definition) is 12. The number of hydrogen-bond donors (Lipinski definition) is 2. The molecular weight excluding hydrogens is 1090 g/mol. The number of carbonyl (C=O) groups is 6. The molecule has 2 unspecified atom stereocenters. The molecule has 4 atom stereocenters. The van der Waals surface area contributed by atoms with E-state index >= 15 is 0 Å². The van der Waals surface area contributed by atoms with Crippen molar-refractivity contribution in [2.45, 2.75) is 44.3 Å². The van der Waals surface area contributed by atoms with Crippen molar-refractivity contribution < 1.29 is 69.1 Å². The summed E-state index contributed by atoms with van der Waals surface area (Å²) >= 11 is 0. The number of carbonyl (C=O) groups excluding carboxylic acids is 6. The van der Waals surface area contributed by atoms with Crippen molar-refractivity contribution in [3.05, 3.63) is 142 Å². The number of urea groups is 2. The number of anilines is 2. The van der Waals surface area contributed by atoms with E-state index in [1.807, 2.05) is 33.3 Å². The maximum Gasteiger partial charge on any atom is 0.416 e. The summed E-state index contributed by atoms with van der Waals surface area (Å²) in [5, 5.41) is 24.6. The van der Waals surface area contributed by atoms with Gasteiger partial charge in [0.15, 0.2) is 0 Å². The number of allylic oxidation sites excluding steroid dienone is 1. The Balaban J connectivity index is 1.19. The fourth-order valence-corrected chi connectivity index (χ4v) is 9.57. The first-order chi connectivity index (χ1) is 39.0. The summed E-state index contributed by atoms with van der Waals surface area (Å²) in [4.78, 5) is 93.3. The van der Waals surface area contributed by atoms with Crippen LogP contribution in [-0.2, 0) is 41.0 Å². The number of nitriles is 2. The van der Waals surface area contributed by atoms with Gasteiger partial charge in [0.1, 0.15) is 38.8 Å². The first kappa shape index (κ1) is 63.7. The summed E-state index contributed by atoms with van der Waals surface area (Å²) in [5.41, 5.74) is -1.61. The molecule has 0 spiro atoms. The van der Waals surface area contributed by atoms with Crippen molar-refractivity contribution in [1.29, 1.82) is 10.5 Å². The van der Waals surface area contributed by atoms with Crippen molar-refractivity contribution in [2.24, 2.45) is 5.92 Å². The third kappa shape index (κ3) is 16.1. The van der Waals surface area contributed by atoms with Gasteiger partial charge in [-0.1, -0.05) is 36.4 Å². The molecule has 0 aromatic heterocycles. The molecule has 0 bridgehead atoms. The van der Waals surface area contributed by atoms with Crippen LogP contribution < -0.4 is 20.4 Å². The number of nitrogens with one attached hydrogen (secondary N) is 2. The Morgan fingerprint density at radius 1 is 0.675 bits per heavy atom. The minimum absolute atomic E-state index is 0.0316. The SMILES string of the molecule is CC1=C(C(=O)OCCN(C)C)[C@@H](c2ccc(C#N)cc2)N(CC(=O)NCCN(C)CCNC(=O)CN2C(=O)N(c3cccc(C(F)(F)F)c3)C(C)C(C(=O)OCC[N+](C)(C)C)[C@H]2c2ccc(C#N)cc2)C(=O)N1c1cccc(C(F)(F)F)c1. The van der Waals surface area contributed by atoms with Gasteiger partial charge in [-0.2, -0.15) is 36.9 Å². The van der Waals surface area contributed by atoms with Gasteiger partial charge in [-0.25, -0.2) is 14.4 Å². The summed E-state index contributed by atoms with van der Waals surface area (Å²) in [6.07, 6.45) is -9.59. The maximum absolute atomic E-state index is 14.8. The van der Waals surface area contributed by atoms with E-state index in [0.717, 1.165) is 56.0 Å². The number of benzene rings is 4. The predicted molar refractivity (Wildman–Crippen MR) is 292 cm³/mol. The minimum Gasteiger partial charge on any atom is -0.461 e. The van der Waals surface area contributed by atoms with Crippen LogP contribution in [0.5, 0.6) is 0 Å². The second-order valence-electron chi connectivity index (χ2n) is 21.3. The molecule has 2 aliphatic rings. The normalized spacial score (nSPS) is 17.8. The molecule has 0 radical (unpaired) electrons. The van der Waals surface area contributed by atoms with E-state index in [9.17, 15) is 65.6 Å². The molecule has 0 aliphatic carbocycles. The first-order valence-electron chi connectivity index (χ1n) is 26.3. The number of amides is 6. The van der Waals surface area contributed by atoms with Gasteiger partial charge in [0.2, 0.25) is 11.8 Å². The molecule has 2 heterocycles. The molecule has 2 aliphatic heterocycles. The molecule has 6 amide bonds. The van der Waals surface area contributed by atoms with Gasteiger partial charge in [-0.3, -0.25) is 24.2 Å². The lowest BCUT2D eigenvalue weighted by atomic mass is 9.83. The number of nitrogens with zero attached hydrogens (tertiary/aromatic N) is 9. The van der Waals surface area contributed by atoms with Crippen molar-refractivity contribution in [1.82, 2.24) is 30.2 Å². The number of likely N-dealkylation sites (N-methyl/N-ethyl adjacent to an activating group) is 3. The van der Waals surface area contributed by atoms with Crippen LogP contribution in [0.2, 0.25) is 0 Å². The monoisotopic (exact) mass is 1160 g/mol. The van der Waals surface area contributed by atoms with Crippen LogP contribution >= 0.6 is 0 Å². The van der Waals surface area contributed by atoms with E-state index in [4.69, 9.17) is 9.47 Å². The average Bonchev–Trinajstić information content (AvgIpc) is 1.50. The molecule has 19 nitrogen and oxygen atoms in total. The summed E-state index contributed by atoms with van der Waals surface area (Å²) in [6.45, 7) is 2.29. The van der Waals surface area contributed by atoms with Crippen LogP contribution in [-0.4, -0.2) is 174 Å². The predicted octanol–water partition coefficient (Wildman–Crippen LogP) is 6.93. The van der Waals surface area contributed by atoms with Crippen molar-refractivity contribution in [3.63, 3.8) is 0 Å². The number of rotatable bonds is 22. The van der Waals surface area contributed by atoms with Crippen LogP contribution in [0.3, 0.4) is 0 Å². The topological polar surface area (TPSA) is 212 Å². The van der Waals surface area contributed by atoms with E-state index < -0.39 is 96.4 Å². The molecule has 25 heteroatoms. The number of esters is 2. The van der Waals surface area contributed by atoms with E-state index in [1.165, 1.54) is 74.5 Å². The minimum atomic E-state index is -4.80. The third-order valence-corrected chi connectivity index (χ3v) is 14.0. The lowest BCUT2D eigenvalue weighted by Crippen LogP contribution is -2.63. The molecule has 83 heavy (non-hydrogen) atoms. The van der Waals surface area contributed by atoms with Gasteiger partial charge in [0.05, 0.1) is 84.9 Å². The Morgan fingerprint density at radius 2 is 1.18 bits per heavy atom. The fourth-order valence-electron chi connectivity index (χ4n) is 9.57. The van der Waals surface area contributed by atoms with Crippen molar-refractivity contribution >= 4 is 47.2 Å². The Morgan fingerprint density at radius 3 is 1.69 bits per heavy atom. The highest BCUT2D eigenvalue weighted by atomic mass is 19.4. The number of halogens is 6. The summed E-state index contributed by atoms with van der Waals surface area (Å²) < 4.78 is 96.1. The molecular formula is C58H66F6N11O8+. The second kappa shape index (κ2) is 27.0. The van der Waals surface area contributed by atoms with Crippen LogP contribution in [0.15, 0.2) is 108 Å². The van der Waals surface area contributed by atoms with E-state index in [2.05, 4.69) is 10.6 Å². The highest BCUT2D eigenvalue weighted by Gasteiger charge is 2.51. The zero-order chi connectivity index (χ0) is 61.1. The van der Waals surface area contributed by atoms with Crippen LogP contribution in [0.4, 0.5) is 47.3 Å². The zero-order valence-electron chi connectivity index (χ0n) is 47.2. The smallest absolute Gasteiger partial charge is 0.416 e. The third-order valence-electron chi connectivity index (χ3n) is 14.0. The van der Waals surface area contributed by atoms with Crippen molar-refractivity contribution in [2.75, 3.05) is 118 Å². The first-order valence-corrected chi connectivity index (χ1v) is 26.3. The molecule has 4 aromatic rings. The fraction of sp³-hybridized carbons (Fsp3) is 0.414. The molecule has 0 saturated carbocycles. The number of alkyl halides is 6. The van der Waals surface area contributed by atoms with Gasteiger partial charge in [0.25, 0.3) is 0 Å². The summed E-state index contributed by atoms with van der Waals surface area (Å²) in [5.74, 6) is -4.38. The van der Waals surface area contributed by atoms with Gasteiger partial charge in [-0.05, 0) is 107 Å². The van der Waals surface area contributed by atoms with E-state index in [-0.39, 0.29) is 73.2 Å². The van der Waals surface area contributed by atoms with Gasteiger partial charge in [-0.15, -0.1) is 0 Å². The highest BCUT2D eigenvalue weighted by Crippen LogP contribution is 2.44. The largest absolute Gasteiger partial charge is 0.461 e. The molecule has 442 valence electrons. The molecule has 1 fully saturated rings. The maximum atomic E-state index is 14.8. The van der Waals surface area contributed by atoms with E-state index in [1.54, 1.807) is 30.9 Å². The zero-order valence-corrected chi connectivity index (χ0v) is 47.2.